The van der Waals surface area contributed by atoms with Crippen LogP contribution in [0.1, 0.15) is 22.6 Å². The van der Waals surface area contributed by atoms with E-state index in [1.807, 2.05) is 55.5 Å². The summed E-state index contributed by atoms with van der Waals surface area (Å²) < 4.78 is 6.66. The first kappa shape index (κ1) is 19.1. The van der Waals surface area contributed by atoms with Crippen LogP contribution in [0.15, 0.2) is 48.5 Å². The van der Waals surface area contributed by atoms with Crippen molar-refractivity contribution < 1.29 is 9.53 Å². The zero-order valence-electron chi connectivity index (χ0n) is 15.3. The number of carbonyl (C=O) groups excluding carboxylic acids is 1. The molecule has 140 valence electrons. The molecule has 0 fully saturated rings. The van der Waals surface area contributed by atoms with E-state index < -0.39 is 0 Å². The van der Waals surface area contributed by atoms with Gasteiger partial charge in [-0.05, 0) is 31.0 Å². The zero-order valence-corrected chi connectivity index (χ0v) is 16.0. The molecule has 0 bridgehead atoms. The molecule has 1 N–H and O–H groups in total. The number of nitrogens with one attached hydrogen (secondary N) is 1. The van der Waals surface area contributed by atoms with Gasteiger partial charge in [0.2, 0.25) is 5.82 Å². The number of aromatic nitrogens is 3. The van der Waals surface area contributed by atoms with Crippen LogP contribution < -0.4 is 5.32 Å². The highest BCUT2D eigenvalue weighted by Crippen LogP contribution is 2.25. The molecule has 0 spiro atoms. The Morgan fingerprint density at radius 3 is 2.74 bits per heavy atom. The highest BCUT2D eigenvalue weighted by Gasteiger charge is 2.19. The Labute approximate surface area is 163 Å². The van der Waals surface area contributed by atoms with E-state index in [0.29, 0.717) is 24.0 Å². The Morgan fingerprint density at radius 1 is 1.22 bits per heavy atom. The molecule has 3 rings (SSSR count). The van der Waals surface area contributed by atoms with Crippen LogP contribution in [0.5, 0.6) is 0 Å². The molecule has 0 aliphatic heterocycles. The van der Waals surface area contributed by atoms with Gasteiger partial charge in [0.15, 0.2) is 5.82 Å². The normalized spacial score (nSPS) is 10.8. The Kier molecular flexibility index (Phi) is 6.21. The second kappa shape index (κ2) is 8.79. The summed E-state index contributed by atoms with van der Waals surface area (Å²) in [6, 6.07) is 15.2. The van der Waals surface area contributed by atoms with Gasteiger partial charge in [0.1, 0.15) is 0 Å². The van der Waals surface area contributed by atoms with Crippen LogP contribution in [0.4, 0.5) is 0 Å². The molecular formula is C20H21ClN4O2. The lowest BCUT2D eigenvalue weighted by molar-refractivity contribution is 0.0938. The van der Waals surface area contributed by atoms with Crippen molar-refractivity contribution in [1.82, 2.24) is 20.1 Å². The van der Waals surface area contributed by atoms with Crippen molar-refractivity contribution in [3.05, 3.63) is 64.9 Å². The Bertz CT molecular complexity index is 925. The molecule has 1 heterocycles. The maximum atomic E-state index is 12.5. The standard InChI is InChI=1S/C20H21ClN4O2/c1-14-9-10-16(21)13-17(14)25-19(15-7-4-3-5-8-15)23-18(24-25)20(26)22-11-6-12-27-2/h3-5,7-10,13H,6,11-12H2,1-2H3,(H,22,26). The molecule has 7 heteroatoms. The molecule has 0 saturated carbocycles. The number of halogens is 1. The van der Waals surface area contributed by atoms with Crippen LogP contribution in [0.2, 0.25) is 5.02 Å². The summed E-state index contributed by atoms with van der Waals surface area (Å²) in [6.07, 6.45) is 0.724. The van der Waals surface area contributed by atoms with E-state index in [1.165, 1.54) is 0 Å². The quantitative estimate of drug-likeness (QED) is 0.631. The fraction of sp³-hybridized carbons (Fsp3) is 0.250. The van der Waals surface area contributed by atoms with Crippen molar-refractivity contribution in [3.63, 3.8) is 0 Å². The third-order valence-electron chi connectivity index (χ3n) is 4.05. The number of nitrogens with zero attached hydrogens (tertiary/aromatic N) is 3. The lowest BCUT2D eigenvalue weighted by Crippen LogP contribution is -2.26. The number of aryl methyl sites for hydroxylation is 1. The van der Waals surface area contributed by atoms with Crippen LogP contribution in [0, 0.1) is 6.92 Å². The Hall–Kier alpha value is -2.70. The summed E-state index contributed by atoms with van der Waals surface area (Å²) in [5.41, 5.74) is 2.63. The van der Waals surface area contributed by atoms with Crippen LogP contribution in [0.25, 0.3) is 17.1 Å². The first-order valence-corrected chi connectivity index (χ1v) is 9.04. The number of benzene rings is 2. The van der Waals surface area contributed by atoms with Crippen LogP contribution in [-0.4, -0.2) is 40.9 Å². The highest BCUT2D eigenvalue weighted by atomic mass is 35.5. The molecule has 0 aliphatic carbocycles. The minimum atomic E-state index is -0.318. The van der Waals surface area contributed by atoms with Crippen molar-refractivity contribution >= 4 is 17.5 Å². The number of rotatable bonds is 7. The predicted molar refractivity (Wildman–Crippen MR) is 105 cm³/mol. The maximum absolute atomic E-state index is 12.5. The van der Waals surface area contributed by atoms with Gasteiger partial charge < -0.3 is 10.1 Å². The second-order valence-electron chi connectivity index (χ2n) is 6.07. The summed E-state index contributed by atoms with van der Waals surface area (Å²) in [5.74, 6) is 0.385. The van der Waals surface area contributed by atoms with Crippen LogP contribution in [0.3, 0.4) is 0 Å². The minimum Gasteiger partial charge on any atom is -0.385 e. The van der Waals surface area contributed by atoms with Gasteiger partial charge in [0.25, 0.3) is 5.91 Å². The summed E-state index contributed by atoms with van der Waals surface area (Å²) in [5, 5.41) is 7.87. The van der Waals surface area contributed by atoms with Crippen molar-refractivity contribution in [2.75, 3.05) is 20.3 Å². The lowest BCUT2D eigenvalue weighted by atomic mass is 10.2. The van der Waals surface area contributed by atoms with E-state index in [9.17, 15) is 4.79 Å². The van der Waals surface area contributed by atoms with Gasteiger partial charge >= 0.3 is 0 Å². The first-order valence-electron chi connectivity index (χ1n) is 8.66. The molecule has 0 aliphatic rings. The topological polar surface area (TPSA) is 69.0 Å². The van der Waals surface area contributed by atoms with Crippen molar-refractivity contribution in [1.29, 1.82) is 0 Å². The zero-order chi connectivity index (χ0) is 19.2. The minimum absolute atomic E-state index is 0.116. The third kappa shape index (κ3) is 4.53. The molecule has 0 radical (unpaired) electrons. The average Bonchev–Trinajstić information content (AvgIpc) is 3.13. The van der Waals surface area contributed by atoms with Gasteiger partial charge in [-0.3, -0.25) is 4.79 Å². The molecular weight excluding hydrogens is 364 g/mol. The SMILES string of the molecule is COCCCNC(=O)c1nc(-c2ccccc2)n(-c2cc(Cl)ccc2C)n1. The van der Waals surface area contributed by atoms with Gasteiger partial charge in [-0.1, -0.05) is 48.0 Å². The van der Waals surface area contributed by atoms with Crippen LogP contribution >= 0.6 is 11.6 Å². The van der Waals surface area contributed by atoms with E-state index in [-0.39, 0.29) is 11.7 Å². The molecule has 0 atom stereocenters. The summed E-state index contributed by atoms with van der Waals surface area (Å²) >= 11 is 6.18. The Morgan fingerprint density at radius 2 is 2.00 bits per heavy atom. The number of amides is 1. The molecule has 0 saturated heterocycles. The molecule has 27 heavy (non-hydrogen) atoms. The number of hydrogen-bond donors (Lipinski definition) is 1. The number of methoxy groups -OCH3 is 1. The van der Waals surface area contributed by atoms with Gasteiger partial charge in [-0.2, -0.15) is 0 Å². The van der Waals surface area contributed by atoms with E-state index in [4.69, 9.17) is 16.3 Å². The summed E-state index contributed by atoms with van der Waals surface area (Å²) in [6.45, 7) is 3.05. The molecule has 1 aromatic heterocycles. The maximum Gasteiger partial charge on any atom is 0.290 e. The van der Waals surface area contributed by atoms with E-state index in [1.54, 1.807) is 11.8 Å². The summed E-state index contributed by atoms with van der Waals surface area (Å²) in [7, 11) is 1.63. The van der Waals surface area contributed by atoms with Crippen molar-refractivity contribution in [2.24, 2.45) is 0 Å². The smallest absolute Gasteiger partial charge is 0.290 e. The predicted octanol–water partition coefficient (Wildman–Crippen LogP) is 3.66. The molecule has 1 amide bonds. The number of carbonyl (C=O) groups is 1. The second-order valence-corrected chi connectivity index (χ2v) is 6.51. The van der Waals surface area contributed by atoms with E-state index in [0.717, 1.165) is 23.2 Å². The van der Waals surface area contributed by atoms with Crippen LogP contribution in [-0.2, 0) is 4.74 Å². The van der Waals surface area contributed by atoms with Crippen molar-refractivity contribution in [2.45, 2.75) is 13.3 Å². The molecule has 0 unspecified atom stereocenters. The highest BCUT2D eigenvalue weighted by molar-refractivity contribution is 6.30. The van der Waals surface area contributed by atoms with Gasteiger partial charge in [-0.15, -0.1) is 5.10 Å². The largest absolute Gasteiger partial charge is 0.385 e. The van der Waals surface area contributed by atoms with Gasteiger partial charge in [-0.25, -0.2) is 9.67 Å². The third-order valence-corrected chi connectivity index (χ3v) is 4.29. The first-order chi connectivity index (χ1) is 13.1. The van der Waals surface area contributed by atoms with E-state index in [2.05, 4.69) is 15.4 Å². The monoisotopic (exact) mass is 384 g/mol. The molecule has 3 aromatic rings. The molecule has 2 aromatic carbocycles. The van der Waals surface area contributed by atoms with Gasteiger partial charge in [0.05, 0.1) is 5.69 Å². The fourth-order valence-corrected chi connectivity index (χ4v) is 2.82. The fourth-order valence-electron chi connectivity index (χ4n) is 2.66. The van der Waals surface area contributed by atoms with E-state index >= 15 is 0 Å². The number of ether oxygens (including phenoxy) is 1. The number of hydrogen-bond acceptors (Lipinski definition) is 4. The van der Waals surface area contributed by atoms with Crippen molar-refractivity contribution in [3.8, 4) is 17.1 Å². The molecule has 6 nitrogen and oxygen atoms in total. The Balaban J connectivity index is 2.00. The van der Waals surface area contributed by atoms with Gasteiger partial charge in [0, 0.05) is 30.8 Å². The average molecular weight is 385 g/mol. The summed E-state index contributed by atoms with van der Waals surface area (Å²) in [4.78, 5) is 17.0. The lowest BCUT2D eigenvalue weighted by Gasteiger charge is -2.09.